The summed E-state index contributed by atoms with van der Waals surface area (Å²) in [7, 11) is 0. The molecule has 2 aliphatic rings. The molecule has 0 N–H and O–H groups in total. The first-order valence-corrected chi connectivity index (χ1v) is 16.6. The third kappa shape index (κ3) is 3.28. The Morgan fingerprint density at radius 1 is 0.568 bits per heavy atom. The summed E-state index contributed by atoms with van der Waals surface area (Å²) in [5, 5.41) is 8.01. The second-order valence-corrected chi connectivity index (χ2v) is 13.9. The highest BCUT2D eigenvalue weighted by Gasteiger charge is 2.26. The molecule has 8 aromatic rings. The summed E-state index contributed by atoms with van der Waals surface area (Å²) in [6.45, 7) is 4.61. The number of allylic oxidation sites excluding steroid dienone is 9. The fourth-order valence-corrected chi connectivity index (χ4v) is 9.84. The Morgan fingerprint density at radius 3 is 2.23 bits per heavy atom. The number of fused-ring (bicyclic) bond motifs is 16. The van der Waals surface area contributed by atoms with Gasteiger partial charge in [0.15, 0.2) is 0 Å². The van der Waals surface area contributed by atoms with Crippen LogP contribution in [0.1, 0.15) is 17.5 Å². The van der Waals surface area contributed by atoms with Crippen LogP contribution in [0.5, 0.6) is 0 Å². The molecule has 10 rings (SSSR count). The molecule has 0 saturated carbocycles. The Bertz CT molecular complexity index is 2700. The molecule has 0 saturated heterocycles. The number of aromatic nitrogens is 1. The zero-order valence-corrected chi connectivity index (χ0v) is 25.4. The van der Waals surface area contributed by atoms with Gasteiger partial charge >= 0.3 is 0 Å². The van der Waals surface area contributed by atoms with Crippen LogP contribution >= 0.6 is 22.7 Å². The van der Waals surface area contributed by atoms with Gasteiger partial charge < -0.3 is 4.57 Å². The van der Waals surface area contributed by atoms with E-state index in [1.54, 1.807) is 0 Å². The van der Waals surface area contributed by atoms with Crippen LogP contribution in [0, 0.1) is 0 Å². The molecule has 3 aromatic heterocycles. The lowest BCUT2D eigenvalue weighted by molar-refractivity contribution is 1.22. The number of thiophene rings is 2. The fourth-order valence-electron chi connectivity index (χ4n) is 7.46. The third-order valence-corrected chi connectivity index (χ3v) is 11.7. The van der Waals surface area contributed by atoms with E-state index in [9.17, 15) is 0 Å². The van der Waals surface area contributed by atoms with E-state index in [0.717, 1.165) is 17.7 Å². The van der Waals surface area contributed by atoms with Crippen LogP contribution in [-0.4, -0.2) is 4.57 Å². The largest absolute Gasteiger partial charge is 0.309 e. The molecule has 3 heterocycles. The van der Waals surface area contributed by atoms with Crippen molar-refractivity contribution in [2.45, 2.75) is 6.42 Å². The van der Waals surface area contributed by atoms with Gasteiger partial charge in [0.1, 0.15) is 0 Å². The summed E-state index contributed by atoms with van der Waals surface area (Å²) in [5.41, 5.74) is 10.00. The van der Waals surface area contributed by atoms with E-state index in [4.69, 9.17) is 0 Å². The topological polar surface area (TPSA) is 4.93 Å². The van der Waals surface area contributed by atoms with Crippen molar-refractivity contribution in [1.29, 1.82) is 0 Å². The molecule has 2 bridgehead atoms. The van der Waals surface area contributed by atoms with Crippen molar-refractivity contribution in [1.82, 2.24) is 4.57 Å². The molecule has 3 heteroatoms. The SMILES string of the molecule is C=C1/C=C\C=C2/C/C(=C\C=C1n1c3ccccc3c3c4sc5ccccc5c4ccc31)c1ccc3sc4ccccc4c3c12. The molecule has 0 spiro atoms. The van der Waals surface area contributed by atoms with Gasteiger partial charge in [-0.25, -0.2) is 0 Å². The average Bonchev–Trinajstić information content (AvgIpc) is 3.80. The average molecular weight is 596 g/mol. The second-order valence-electron chi connectivity index (χ2n) is 11.7. The van der Waals surface area contributed by atoms with Crippen LogP contribution in [-0.2, 0) is 0 Å². The number of benzene rings is 5. The minimum Gasteiger partial charge on any atom is -0.309 e. The Labute approximate surface area is 262 Å². The first kappa shape index (κ1) is 24.5. The molecule has 0 unspecified atom stereocenters. The summed E-state index contributed by atoms with van der Waals surface area (Å²) < 4.78 is 7.81. The molecule has 0 aliphatic heterocycles. The van der Waals surface area contributed by atoms with Crippen LogP contribution in [0.4, 0.5) is 0 Å². The van der Waals surface area contributed by atoms with Gasteiger partial charge in [0.05, 0.1) is 16.7 Å². The fraction of sp³-hybridized carbons (Fsp3) is 0.0244. The van der Waals surface area contributed by atoms with Gasteiger partial charge in [0.25, 0.3) is 0 Å². The maximum atomic E-state index is 4.61. The standard InChI is InChI=1S/C41H25NS2/c1-24-9-8-10-26-23-25(27-19-22-37-40(38(26)27)31-13-4-7-16-36(31)43-37)17-20-32(24)42-33-14-5-2-12-30(33)39-34(42)21-18-29-28-11-3-6-15-35(28)44-41(29)39/h2-22H,1,23H2/b9-8-,25-17+,26-10+,32-20?. The van der Waals surface area contributed by atoms with Crippen molar-refractivity contribution in [2.24, 2.45) is 0 Å². The smallest absolute Gasteiger partial charge is 0.0556 e. The van der Waals surface area contributed by atoms with Crippen molar-refractivity contribution in [3.63, 3.8) is 0 Å². The van der Waals surface area contributed by atoms with E-state index in [1.165, 1.54) is 84.4 Å². The quantitative estimate of drug-likeness (QED) is 0.178. The summed E-state index contributed by atoms with van der Waals surface area (Å²) >= 11 is 3.79. The lowest BCUT2D eigenvalue weighted by Crippen LogP contribution is -1.98. The van der Waals surface area contributed by atoms with Crippen LogP contribution < -0.4 is 0 Å². The van der Waals surface area contributed by atoms with Gasteiger partial charge in [-0.2, -0.15) is 0 Å². The molecule has 0 fully saturated rings. The van der Waals surface area contributed by atoms with E-state index in [0.29, 0.717) is 0 Å². The van der Waals surface area contributed by atoms with Crippen molar-refractivity contribution in [2.75, 3.05) is 0 Å². The Morgan fingerprint density at radius 2 is 1.34 bits per heavy atom. The Hall–Kier alpha value is -4.96. The van der Waals surface area contributed by atoms with Gasteiger partial charge in [0.2, 0.25) is 0 Å². The van der Waals surface area contributed by atoms with Crippen molar-refractivity contribution >= 4 is 102 Å². The monoisotopic (exact) mass is 595 g/mol. The maximum Gasteiger partial charge on any atom is 0.0556 e. The van der Waals surface area contributed by atoms with Crippen LogP contribution in [0.2, 0.25) is 0 Å². The summed E-state index contributed by atoms with van der Waals surface area (Å²) in [5.74, 6) is 0. The zero-order valence-electron chi connectivity index (χ0n) is 23.8. The Balaban J connectivity index is 1.25. The third-order valence-electron chi connectivity index (χ3n) is 9.38. The molecule has 0 amide bonds. The molecular weight excluding hydrogens is 571 g/mol. The summed E-state index contributed by atoms with van der Waals surface area (Å²) in [4.78, 5) is 0. The first-order valence-electron chi connectivity index (χ1n) is 15.0. The predicted octanol–water partition coefficient (Wildman–Crippen LogP) is 12.4. The highest BCUT2D eigenvalue weighted by atomic mass is 32.1. The number of para-hydroxylation sites is 1. The zero-order chi connectivity index (χ0) is 28.9. The molecule has 206 valence electrons. The number of hydrogen-bond donors (Lipinski definition) is 0. The lowest BCUT2D eigenvalue weighted by Gasteiger charge is -2.13. The van der Waals surface area contributed by atoms with E-state index < -0.39 is 0 Å². The molecule has 0 radical (unpaired) electrons. The van der Waals surface area contributed by atoms with E-state index in [-0.39, 0.29) is 0 Å². The summed E-state index contributed by atoms with van der Waals surface area (Å²) in [6.07, 6.45) is 12.3. The van der Waals surface area contributed by atoms with Gasteiger partial charge in [0, 0.05) is 51.1 Å². The van der Waals surface area contributed by atoms with Crippen LogP contribution in [0.3, 0.4) is 0 Å². The predicted molar refractivity (Wildman–Crippen MR) is 195 cm³/mol. The molecule has 0 atom stereocenters. The highest BCUT2D eigenvalue weighted by molar-refractivity contribution is 7.27. The Kier molecular flexibility index (Phi) is 5.02. The van der Waals surface area contributed by atoms with E-state index >= 15 is 0 Å². The van der Waals surface area contributed by atoms with Crippen molar-refractivity contribution in [3.05, 3.63) is 151 Å². The number of nitrogens with zero attached hydrogens (tertiary/aromatic N) is 1. The molecule has 2 aliphatic carbocycles. The highest BCUT2D eigenvalue weighted by Crippen LogP contribution is 2.49. The number of rotatable bonds is 1. The summed E-state index contributed by atoms with van der Waals surface area (Å²) in [6, 6.07) is 35.7. The first-order chi connectivity index (χ1) is 21.7. The normalized spacial score (nSPS) is 18.2. The number of hydrogen-bond acceptors (Lipinski definition) is 2. The van der Waals surface area contributed by atoms with Gasteiger partial charge in [-0.15, -0.1) is 22.7 Å². The minimum absolute atomic E-state index is 0.925. The van der Waals surface area contributed by atoms with Crippen molar-refractivity contribution in [3.8, 4) is 0 Å². The molecule has 5 aromatic carbocycles. The second kappa shape index (κ2) is 9.03. The van der Waals surface area contributed by atoms with Gasteiger partial charge in [-0.05, 0) is 70.7 Å². The van der Waals surface area contributed by atoms with Crippen molar-refractivity contribution < 1.29 is 0 Å². The molecule has 1 nitrogen and oxygen atoms in total. The maximum absolute atomic E-state index is 4.61. The lowest BCUT2D eigenvalue weighted by atomic mass is 9.99. The van der Waals surface area contributed by atoms with Gasteiger partial charge in [-0.3, -0.25) is 0 Å². The van der Waals surface area contributed by atoms with Gasteiger partial charge in [-0.1, -0.05) is 97.6 Å². The molecular formula is C41H25NS2. The van der Waals surface area contributed by atoms with E-state index in [2.05, 4.69) is 139 Å². The molecule has 44 heavy (non-hydrogen) atoms. The van der Waals surface area contributed by atoms with E-state index in [1.807, 2.05) is 22.7 Å². The van der Waals surface area contributed by atoms with Crippen LogP contribution in [0.15, 0.2) is 140 Å². The van der Waals surface area contributed by atoms with Crippen LogP contribution in [0.25, 0.3) is 79.0 Å². The minimum atomic E-state index is 0.925.